The molecular formula is C19H24N4O3. The van der Waals surface area contributed by atoms with Crippen LogP contribution in [0.4, 0.5) is 5.82 Å². The molecule has 2 aliphatic heterocycles. The predicted molar refractivity (Wildman–Crippen MR) is 95.2 cm³/mol. The Hall–Kier alpha value is -2.44. The normalized spacial score (nSPS) is 26.2. The van der Waals surface area contributed by atoms with Gasteiger partial charge in [-0.2, -0.15) is 0 Å². The van der Waals surface area contributed by atoms with Gasteiger partial charge in [0.2, 0.25) is 17.7 Å². The highest BCUT2D eigenvalue weighted by atomic mass is 16.2. The monoisotopic (exact) mass is 356 g/mol. The van der Waals surface area contributed by atoms with Crippen molar-refractivity contribution in [2.45, 2.75) is 25.7 Å². The number of rotatable bonds is 3. The molecule has 0 spiro atoms. The molecule has 2 atom stereocenters. The van der Waals surface area contributed by atoms with Crippen molar-refractivity contribution in [3.8, 4) is 0 Å². The largest absolute Gasteiger partial charge is 0.353 e. The number of pyridine rings is 1. The molecule has 138 valence electrons. The molecule has 2 saturated heterocycles. The van der Waals surface area contributed by atoms with Crippen molar-refractivity contribution in [3.63, 3.8) is 0 Å². The summed E-state index contributed by atoms with van der Waals surface area (Å²) in [6.07, 6.45) is 5.32. The van der Waals surface area contributed by atoms with Gasteiger partial charge in [-0.25, -0.2) is 4.98 Å². The van der Waals surface area contributed by atoms with Crippen LogP contribution in [0.5, 0.6) is 0 Å². The average molecular weight is 356 g/mol. The van der Waals surface area contributed by atoms with E-state index in [0.717, 1.165) is 31.5 Å². The fourth-order valence-electron chi connectivity index (χ4n) is 4.35. The lowest BCUT2D eigenvalue weighted by Crippen LogP contribution is -2.52. The maximum absolute atomic E-state index is 12.6. The van der Waals surface area contributed by atoms with E-state index in [9.17, 15) is 14.4 Å². The first-order chi connectivity index (χ1) is 12.6. The fraction of sp³-hybridized carbons (Fsp3) is 0.579. The van der Waals surface area contributed by atoms with Gasteiger partial charge in [0.1, 0.15) is 12.4 Å². The van der Waals surface area contributed by atoms with Gasteiger partial charge in [-0.15, -0.1) is 0 Å². The Bertz CT molecular complexity index is 676. The van der Waals surface area contributed by atoms with E-state index in [1.807, 2.05) is 18.2 Å². The number of imide groups is 1. The van der Waals surface area contributed by atoms with Gasteiger partial charge >= 0.3 is 0 Å². The van der Waals surface area contributed by atoms with Gasteiger partial charge in [0.15, 0.2) is 0 Å². The van der Waals surface area contributed by atoms with Crippen molar-refractivity contribution in [1.29, 1.82) is 0 Å². The summed E-state index contributed by atoms with van der Waals surface area (Å²) < 4.78 is 0. The van der Waals surface area contributed by atoms with E-state index in [-0.39, 0.29) is 36.1 Å². The van der Waals surface area contributed by atoms with E-state index in [1.54, 1.807) is 11.1 Å². The van der Waals surface area contributed by atoms with Crippen LogP contribution < -0.4 is 4.90 Å². The van der Waals surface area contributed by atoms with E-state index >= 15 is 0 Å². The van der Waals surface area contributed by atoms with E-state index in [2.05, 4.69) is 9.88 Å². The van der Waals surface area contributed by atoms with Crippen LogP contribution in [0.15, 0.2) is 24.4 Å². The lowest BCUT2D eigenvalue weighted by Gasteiger charge is -2.35. The van der Waals surface area contributed by atoms with Gasteiger partial charge in [0.25, 0.3) is 0 Å². The summed E-state index contributed by atoms with van der Waals surface area (Å²) in [4.78, 5) is 47.1. The summed E-state index contributed by atoms with van der Waals surface area (Å²) in [5.74, 6) is 0.120. The molecule has 1 aromatic heterocycles. The summed E-state index contributed by atoms with van der Waals surface area (Å²) in [6, 6.07) is 5.79. The Labute approximate surface area is 153 Å². The smallest absolute Gasteiger partial charge is 0.242 e. The molecule has 7 nitrogen and oxygen atoms in total. The van der Waals surface area contributed by atoms with Gasteiger partial charge in [-0.05, 0) is 25.0 Å². The third-order valence-corrected chi connectivity index (χ3v) is 5.83. The zero-order chi connectivity index (χ0) is 18.1. The number of likely N-dealkylation sites (tertiary alicyclic amines) is 1. The van der Waals surface area contributed by atoms with Crippen molar-refractivity contribution in [2.75, 3.05) is 37.6 Å². The molecule has 3 heterocycles. The molecule has 0 radical (unpaired) electrons. The van der Waals surface area contributed by atoms with Crippen LogP contribution in [-0.2, 0) is 14.4 Å². The Kier molecular flexibility index (Phi) is 4.61. The van der Waals surface area contributed by atoms with Crippen LogP contribution in [0.2, 0.25) is 0 Å². The van der Waals surface area contributed by atoms with Crippen LogP contribution in [0.3, 0.4) is 0 Å². The first-order valence-electron chi connectivity index (χ1n) is 9.44. The third kappa shape index (κ3) is 3.06. The summed E-state index contributed by atoms with van der Waals surface area (Å²) in [7, 11) is 0. The number of amides is 3. The second-order valence-electron chi connectivity index (χ2n) is 7.32. The lowest BCUT2D eigenvalue weighted by atomic mass is 9.81. The van der Waals surface area contributed by atoms with E-state index < -0.39 is 0 Å². The van der Waals surface area contributed by atoms with Crippen molar-refractivity contribution >= 4 is 23.5 Å². The number of carbonyl (C=O) groups is 3. The minimum atomic E-state index is -0.190. The van der Waals surface area contributed by atoms with Gasteiger partial charge in [-0.3, -0.25) is 19.3 Å². The standard InChI is InChI=1S/C19H24N4O3/c24-17(13-23-18(25)14-5-1-2-6-15(14)19(23)26)22-11-9-21(10-12-22)16-7-3-4-8-20-16/h3-4,7-8,14-15H,1-2,5-6,9-13H2/t14-,15+. The Morgan fingerprint density at radius 3 is 2.23 bits per heavy atom. The van der Waals surface area contributed by atoms with Crippen molar-refractivity contribution in [1.82, 2.24) is 14.8 Å². The van der Waals surface area contributed by atoms with Gasteiger partial charge < -0.3 is 9.80 Å². The number of hydrogen-bond acceptors (Lipinski definition) is 5. The summed E-state index contributed by atoms with van der Waals surface area (Å²) >= 11 is 0. The van der Waals surface area contributed by atoms with E-state index in [0.29, 0.717) is 26.2 Å². The summed E-state index contributed by atoms with van der Waals surface area (Å²) in [5.41, 5.74) is 0. The first kappa shape index (κ1) is 17.0. The number of aromatic nitrogens is 1. The molecule has 0 bridgehead atoms. The van der Waals surface area contributed by atoms with Crippen molar-refractivity contribution in [2.24, 2.45) is 11.8 Å². The molecule has 4 rings (SSSR count). The lowest BCUT2D eigenvalue weighted by molar-refractivity contribution is -0.146. The molecule has 26 heavy (non-hydrogen) atoms. The fourth-order valence-corrected chi connectivity index (χ4v) is 4.35. The molecule has 3 amide bonds. The molecule has 7 heteroatoms. The summed E-state index contributed by atoms with van der Waals surface area (Å²) in [6.45, 7) is 2.47. The highest BCUT2D eigenvalue weighted by Crippen LogP contribution is 2.37. The SMILES string of the molecule is O=C(CN1C(=O)[C@H]2CCCC[C@H]2C1=O)N1CCN(c2ccccn2)CC1. The minimum absolute atomic E-state index is 0.103. The van der Waals surface area contributed by atoms with Crippen molar-refractivity contribution < 1.29 is 14.4 Å². The van der Waals surface area contributed by atoms with Crippen LogP contribution in [0, 0.1) is 11.8 Å². The first-order valence-corrected chi connectivity index (χ1v) is 9.44. The van der Waals surface area contributed by atoms with Gasteiger partial charge in [0.05, 0.1) is 11.8 Å². The predicted octanol–water partition coefficient (Wildman–Crippen LogP) is 0.905. The Balaban J connectivity index is 1.34. The van der Waals surface area contributed by atoms with E-state index in [4.69, 9.17) is 0 Å². The molecule has 1 aliphatic carbocycles. The van der Waals surface area contributed by atoms with Crippen LogP contribution >= 0.6 is 0 Å². The molecule has 0 unspecified atom stereocenters. The molecule has 0 aromatic carbocycles. The molecule has 3 fully saturated rings. The van der Waals surface area contributed by atoms with Crippen LogP contribution in [0.1, 0.15) is 25.7 Å². The zero-order valence-corrected chi connectivity index (χ0v) is 14.8. The number of nitrogens with zero attached hydrogens (tertiary/aromatic N) is 4. The molecular weight excluding hydrogens is 332 g/mol. The number of piperazine rings is 1. The molecule has 1 saturated carbocycles. The van der Waals surface area contributed by atoms with Crippen LogP contribution in [-0.4, -0.2) is 65.2 Å². The maximum Gasteiger partial charge on any atom is 0.242 e. The van der Waals surface area contributed by atoms with Gasteiger partial charge in [-0.1, -0.05) is 18.9 Å². The quantitative estimate of drug-likeness (QED) is 0.753. The topological polar surface area (TPSA) is 73.8 Å². The molecule has 0 N–H and O–H groups in total. The highest BCUT2D eigenvalue weighted by molar-refractivity contribution is 6.07. The maximum atomic E-state index is 12.6. The van der Waals surface area contributed by atoms with Crippen molar-refractivity contribution in [3.05, 3.63) is 24.4 Å². The van der Waals surface area contributed by atoms with Crippen LogP contribution in [0.25, 0.3) is 0 Å². The number of hydrogen-bond donors (Lipinski definition) is 0. The zero-order valence-electron chi connectivity index (χ0n) is 14.8. The number of carbonyl (C=O) groups excluding carboxylic acids is 3. The average Bonchev–Trinajstić information content (AvgIpc) is 2.94. The second kappa shape index (κ2) is 7.05. The molecule has 3 aliphatic rings. The second-order valence-corrected chi connectivity index (χ2v) is 7.32. The Morgan fingerprint density at radius 2 is 1.65 bits per heavy atom. The number of fused-ring (bicyclic) bond motifs is 1. The van der Waals surface area contributed by atoms with Gasteiger partial charge in [0, 0.05) is 32.4 Å². The van der Waals surface area contributed by atoms with E-state index in [1.165, 1.54) is 4.90 Å². The Morgan fingerprint density at radius 1 is 1.00 bits per heavy atom. The summed E-state index contributed by atoms with van der Waals surface area (Å²) in [5, 5.41) is 0. The minimum Gasteiger partial charge on any atom is -0.353 e. The molecule has 1 aromatic rings. The number of anilines is 1. The highest BCUT2D eigenvalue weighted by Gasteiger charge is 2.48. The third-order valence-electron chi connectivity index (χ3n) is 5.83.